The van der Waals surface area contributed by atoms with E-state index in [0.29, 0.717) is 26.0 Å². The molecule has 1 fully saturated rings. The number of para-hydroxylation sites is 1. The second-order valence-corrected chi connectivity index (χ2v) is 8.54. The summed E-state index contributed by atoms with van der Waals surface area (Å²) >= 11 is 0. The molecule has 5 nitrogen and oxygen atoms in total. The van der Waals surface area contributed by atoms with Crippen LogP contribution < -0.4 is 9.80 Å². The van der Waals surface area contributed by atoms with Crippen LogP contribution in [0.15, 0.2) is 54.6 Å². The predicted octanol–water partition coefficient (Wildman–Crippen LogP) is 2.14. The van der Waals surface area contributed by atoms with Gasteiger partial charge in [0.05, 0.1) is 19.7 Å². The zero-order valence-electron chi connectivity index (χ0n) is 17.9. The predicted molar refractivity (Wildman–Crippen MR) is 117 cm³/mol. The highest BCUT2D eigenvalue weighted by Crippen LogP contribution is 2.34. The number of nitrogens with zero attached hydrogens (tertiary/aromatic N) is 1. The SMILES string of the molecule is CCOC(=O)C1(c2ccccc2)CC[NH+](CC(=O)N2c3ccccc3C[C@@H]2C)CC1. The van der Waals surface area contributed by atoms with E-state index in [9.17, 15) is 9.59 Å². The van der Waals surface area contributed by atoms with E-state index in [1.165, 1.54) is 10.5 Å². The summed E-state index contributed by atoms with van der Waals surface area (Å²) in [4.78, 5) is 29.3. The molecular formula is C25H31N2O3+. The fourth-order valence-corrected chi connectivity index (χ4v) is 5.09. The van der Waals surface area contributed by atoms with E-state index in [4.69, 9.17) is 4.74 Å². The molecule has 0 aliphatic carbocycles. The van der Waals surface area contributed by atoms with Crippen LogP contribution in [0, 0.1) is 0 Å². The Labute approximate surface area is 178 Å². The van der Waals surface area contributed by atoms with Crippen molar-refractivity contribution in [3.63, 3.8) is 0 Å². The molecule has 0 bridgehead atoms. The Hall–Kier alpha value is -2.66. The number of carbonyl (C=O) groups is 2. The highest BCUT2D eigenvalue weighted by atomic mass is 16.5. The van der Waals surface area contributed by atoms with Gasteiger partial charge in [-0.1, -0.05) is 48.5 Å². The Morgan fingerprint density at radius 1 is 1.07 bits per heavy atom. The maximum Gasteiger partial charge on any atom is 0.317 e. The second kappa shape index (κ2) is 8.60. The van der Waals surface area contributed by atoms with Gasteiger partial charge in [-0.3, -0.25) is 9.59 Å². The average Bonchev–Trinajstić information content (AvgIpc) is 3.11. The lowest BCUT2D eigenvalue weighted by Gasteiger charge is -2.38. The van der Waals surface area contributed by atoms with Crippen molar-refractivity contribution in [1.29, 1.82) is 0 Å². The minimum Gasteiger partial charge on any atom is -0.465 e. The second-order valence-electron chi connectivity index (χ2n) is 8.54. The van der Waals surface area contributed by atoms with Crippen LogP contribution in [0.5, 0.6) is 0 Å². The number of likely N-dealkylation sites (tertiary alicyclic amines) is 1. The Morgan fingerprint density at radius 3 is 2.43 bits per heavy atom. The summed E-state index contributed by atoms with van der Waals surface area (Å²) in [6.07, 6.45) is 2.31. The van der Waals surface area contributed by atoms with E-state index >= 15 is 0 Å². The fraction of sp³-hybridized carbons (Fsp3) is 0.440. The smallest absolute Gasteiger partial charge is 0.317 e. The number of ether oxygens (including phenoxy) is 1. The molecule has 1 saturated heterocycles. The number of hydrogen-bond donors (Lipinski definition) is 1. The Balaban J connectivity index is 1.46. The first-order valence-corrected chi connectivity index (χ1v) is 11.0. The van der Waals surface area contributed by atoms with Crippen molar-refractivity contribution in [3.8, 4) is 0 Å². The van der Waals surface area contributed by atoms with Gasteiger partial charge in [-0.25, -0.2) is 0 Å². The molecule has 0 saturated carbocycles. The first kappa shape index (κ1) is 20.6. The monoisotopic (exact) mass is 407 g/mol. The first-order chi connectivity index (χ1) is 14.5. The molecule has 2 aliphatic heterocycles. The number of benzene rings is 2. The van der Waals surface area contributed by atoms with Gasteiger partial charge in [0.15, 0.2) is 6.54 Å². The third-order valence-corrected chi connectivity index (χ3v) is 6.68. The standard InChI is InChI=1S/C25H30N2O3/c1-3-30-24(29)25(21-10-5-4-6-11-21)13-15-26(16-14-25)18-23(28)27-19(2)17-20-9-7-8-12-22(20)27/h4-12,19H,3,13-18H2,1-2H3/p+1/t19-/m0/s1. The van der Waals surface area contributed by atoms with Gasteiger partial charge in [-0.15, -0.1) is 0 Å². The molecule has 0 unspecified atom stereocenters. The minimum atomic E-state index is -0.600. The molecule has 0 spiro atoms. The van der Waals surface area contributed by atoms with Crippen LogP contribution in [-0.4, -0.2) is 44.2 Å². The summed E-state index contributed by atoms with van der Waals surface area (Å²) in [6, 6.07) is 18.4. The van der Waals surface area contributed by atoms with Crippen LogP contribution >= 0.6 is 0 Å². The van der Waals surface area contributed by atoms with Crippen LogP contribution in [0.3, 0.4) is 0 Å². The van der Waals surface area contributed by atoms with Crippen LogP contribution in [0.4, 0.5) is 5.69 Å². The quantitative estimate of drug-likeness (QED) is 0.773. The van der Waals surface area contributed by atoms with E-state index in [1.807, 2.05) is 60.4 Å². The number of nitrogens with one attached hydrogen (secondary N) is 1. The van der Waals surface area contributed by atoms with Gasteiger partial charge in [0.25, 0.3) is 5.91 Å². The number of fused-ring (bicyclic) bond motifs is 1. The molecule has 2 aliphatic rings. The van der Waals surface area contributed by atoms with Gasteiger partial charge in [-0.05, 0) is 37.5 Å². The largest absolute Gasteiger partial charge is 0.465 e. The molecule has 4 rings (SSSR count). The number of quaternary nitrogens is 1. The van der Waals surface area contributed by atoms with Crippen molar-refractivity contribution < 1.29 is 19.2 Å². The molecule has 30 heavy (non-hydrogen) atoms. The van der Waals surface area contributed by atoms with Gasteiger partial charge in [0.1, 0.15) is 5.41 Å². The summed E-state index contributed by atoms with van der Waals surface area (Å²) in [5.41, 5.74) is 2.72. The van der Waals surface area contributed by atoms with Crippen LogP contribution in [0.1, 0.15) is 37.8 Å². The molecule has 158 valence electrons. The highest BCUT2D eigenvalue weighted by molar-refractivity contribution is 5.96. The van der Waals surface area contributed by atoms with Gasteiger partial charge in [0.2, 0.25) is 0 Å². The third-order valence-electron chi connectivity index (χ3n) is 6.68. The van der Waals surface area contributed by atoms with E-state index in [-0.39, 0.29) is 17.9 Å². The van der Waals surface area contributed by atoms with Crippen molar-refractivity contribution in [1.82, 2.24) is 0 Å². The average molecular weight is 408 g/mol. The molecule has 2 aromatic rings. The Kier molecular flexibility index (Phi) is 5.91. The van der Waals surface area contributed by atoms with Crippen LogP contribution in [0.25, 0.3) is 0 Å². The van der Waals surface area contributed by atoms with E-state index < -0.39 is 5.41 Å². The number of carbonyl (C=O) groups excluding carboxylic acids is 2. The molecule has 0 aromatic heterocycles. The molecular weight excluding hydrogens is 376 g/mol. The number of amides is 1. The molecule has 5 heteroatoms. The van der Waals surface area contributed by atoms with Crippen LogP contribution in [-0.2, 0) is 26.2 Å². The van der Waals surface area contributed by atoms with Gasteiger partial charge in [0, 0.05) is 24.6 Å². The minimum absolute atomic E-state index is 0.135. The Bertz CT molecular complexity index is 904. The summed E-state index contributed by atoms with van der Waals surface area (Å²) in [5.74, 6) is 0.0365. The lowest BCUT2D eigenvalue weighted by molar-refractivity contribution is -0.898. The van der Waals surface area contributed by atoms with E-state index in [0.717, 1.165) is 30.8 Å². The third kappa shape index (κ3) is 3.74. The maximum absolute atomic E-state index is 13.2. The van der Waals surface area contributed by atoms with Crippen molar-refractivity contribution in [2.24, 2.45) is 0 Å². The lowest BCUT2D eigenvalue weighted by Crippen LogP contribution is -3.14. The molecule has 0 radical (unpaired) electrons. The summed E-state index contributed by atoms with van der Waals surface area (Å²) < 4.78 is 5.47. The molecule has 1 N–H and O–H groups in total. The maximum atomic E-state index is 13.2. The number of rotatable bonds is 5. The normalized spacial score (nSPS) is 25.6. The van der Waals surface area contributed by atoms with E-state index in [1.54, 1.807) is 0 Å². The van der Waals surface area contributed by atoms with Gasteiger partial charge in [-0.2, -0.15) is 0 Å². The van der Waals surface area contributed by atoms with Gasteiger partial charge >= 0.3 is 5.97 Å². The number of anilines is 1. The molecule has 1 atom stereocenters. The van der Waals surface area contributed by atoms with E-state index in [2.05, 4.69) is 13.0 Å². The molecule has 2 aromatic carbocycles. The lowest BCUT2D eigenvalue weighted by atomic mass is 9.72. The number of piperidine rings is 1. The van der Waals surface area contributed by atoms with Gasteiger partial charge < -0.3 is 14.5 Å². The van der Waals surface area contributed by atoms with Crippen molar-refractivity contribution in [2.75, 3.05) is 31.1 Å². The zero-order valence-corrected chi connectivity index (χ0v) is 17.9. The number of hydrogen-bond acceptors (Lipinski definition) is 3. The molecule has 2 heterocycles. The Morgan fingerprint density at radius 2 is 1.73 bits per heavy atom. The van der Waals surface area contributed by atoms with Crippen molar-refractivity contribution in [3.05, 3.63) is 65.7 Å². The highest BCUT2D eigenvalue weighted by Gasteiger charge is 2.46. The van der Waals surface area contributed by atoms with Crippen molar-refractivity contribution in [2.45, 2.75) is 44.6 Å². The fourth-order valence-electron chi connectivity index (χ4n) is 5.09. The van der Waals surface area contributed by atoms with Crippen LogP contribution in [0.2, 0.25) is 0 Å². The molecule has 1 amide bonds. The summed E-state index contributed by atoms with van der Waals surface area (Å²) in [5, 5.41) is 0. The topological polar surface area (TPSA) is 51.1 Å². The zero-order chi connectivity index (χ0) is 21.1. The number of esters is 1. The first-order valence-electron chi connectivity index (χ1n) is 11.0. The van der Waals surface area contributed by atoms with Crippen molar-refractivity contribution >= 4 is 17.6 Å². The summed E-state index contributed by atoms with van der Waals surface area (Å²) in [7, 11) is 0. The summed E-state index contributed by atoms with van der Waals surface area (Å²) in [6.45, 7) is 6.38.